The Labute approximate surface area is 194 Å². The first-order valence-electron chi connectivity index (χ1n) is 10.1. The molecule has 1 unspecified atom stereocenters. The second-order valence-corrected chi connectivity index (χ2v) is 9.24. The van der Waals surface area contributed by atoms with Gasteiger partial charge in [0.25, 0.3) is 11.5 Å². The zero-order valence-corrected chi connectivity index (χ0v) is 19.2. The Balaban J connectivity index is 1.74. The average molecular weight is 467 g/mol. The van der Waals surface area contributed by atoms with Crippen LogP contribution in [0.1, 0.15) is 31.1 Å². The van der Waals surface area contributed by atoms with E-state index in [1.54, 1.807) is 24.4 Å². The quantitative estimate of drug-likeness (QED) is 0.425. The molecule has 1 atom stereocenters. The van der Waals surface area contributed by atoms with Crippen LogP contribution < -0.4 is 10.9 Å². The molecule has 32 heavy (non-hydrogen) atoms. The van der Waals surface area contributed by atoms with Crippen molar-refractivity contribution >= 4 is 51.7 Å². The lowest BCUT2D eigenvalue weighted by Crippen LogP contribution is -2.34. The molecule has 0 aliphatic carbocycles. The number of anilines is 1. The van der Waals surface area contributed by atoms with Crippen molar-refractivity contribution in [1.29, 1.82) is 0 Å². The first-order chi connectivity index (χ1) is 15.4. The maximum Gasteiger partial charge on any atom is 0.267 e. The molecule has 1 fully saturated rings. The second kappa shape index (κ2) is 9.23. The van der Waals surface area contributed by atoms with Gasteiger partial charge in [-0.1, -0.05) is 60.4 Å². The van der Waals surface area contributed by atoms with Crippen LogP contribution in [0.3, 0.4) is 0 Å². The number of thiocarbonyl (C=S) groups is 1. The van der Waals surface area contributed by atoms with E-state index >= 15 is 0 Å². The van der Waals surface area contributed by atoms with Crippen LogP contribution in [-0.4, -0.2) is 42.2 Å². The number of aliphatic hydroxyl groups is 1. The smallest absolute Gasteiger partial charge is 0.267 e. The number of nitrogens with one attached hydrogen (secondary N) is 1. The molecule has 0 saturated carbocycles. The van der Waals surface area contributed by atoms with Crippen molar-refractivity contribution in [1.82, 2.24) is 14.3 Å². The van der Waals surface area contributed by atoms with Crippen LogP contribution >= 0.6 is 24.0 Å². The lowest BCUT2D eigenvalue weighted by Gasteiger charge is -2.18. The SMILES string of the molecule is CC(C)N1C(=O)/C(=C/c2c(NCC(O)c3ccccc3)nc3ccccn3c2=O)SC1=S. The van der Waals surface area contributed by atoms with Gasteiger partial charge < -0.3 is 10.4 Å². The van der Waals surface area contributed by atoms with Crippen molar-refractivity contribution in [2.75, 3.05) is 11.9 Å². The first-order valence-corrected chi connectivity index (χ1v) is 11.3. The van der Waals surface area contributed by atoms with Crippen molar-refractivity contribution in [3.63, 3.8) is 0 Å². The number of nitrogens with zero attached hydrogens (tertiary/aromatic N) is 3. The van der Waals surface area contributed by atoms with Crippen molar-refractivity contribution in [2.24, 2.45) is 0 Å². The van der Waals surface area contributed by atoms with E-state index in [1.807, 2.05) is 44.2 Å². The number of pyridine rings is 1. The van der Waals surface area contributed by atoms with Gasteiger partial charge >= 0.3 is 0 Å². The Morgan fingerprint density at radius 3 is 2.56 bits per heavy atom. The van der Waals surface area contributed by atoms with Crippen LogP contribution in [0, 0.1) is 0 Å². The maximum absolute atomic E-state index is 13.3. The van der Waals surface area contributed by atoms with Gasteiger partial charge in [-0.05, 0) is 37.6 Å². The summed E-state index contributed by atoms with van der Waals surface area (Å²) in [6.45, 7) is 3.92. The molecular formula is C23H22N4O3S2. The molecule has 0 radical (unpaired) electrons. The molecular weight excluding hydrogens is 444 g/mol. The zero-order chi connectivity index (χ0) is 22.8. The van der Waals surface area contributed by atoms with Crippen molar-refractivity contribution < 1.29 is 9.90 Å². The molecule has 0 bridgehead atoms. The number of amides is 1. The van der Waals surface area contributed by atoms with Gasteiger partial charge in [0.15, 0.2) is 0 Å². The number of aromatic nitrogens is 2. The number of benzene rings is 1. The molecule has 1 aliphatic rings. The molecule has 7 nitrogen and oxygen atoms in total. The fourth-order valence-electron chi connectivity index (χ4n) is 3.41. The molecule has 164 valence electrons. The predicted octanol–water partition coefficient (Wildman–Crippen LogP) is 3.45. The van der Waals surface area contributed by atoms with E-state index in [-0.39, 0.29) is 29.6 Å². The number of hydrogen-bond donors (Lipinski definition) is 2. The van der Waals surface area contributed by atoms with Crippen LogP contribution in [0.25, 0.3) is 11.7 Å². The van der Waals surface area contributed by atoms with E-state index in [9.17, 15) is 14.7 Å². The first kappa shape index (κ1) is 22.2. The van der Waals surface area contributed by atoms with Crippen LogP contribution in [0.4, 0.5) is 5.82 Å². The number of thioether (sulfide) groups is 1. The normalized spacial score (nSPS) is 16.4. The maximum atomic E-state index is 13.3. The van der Waals surface area contributed by atoms with Gasteiger partial charge in [0, 0.05) is 18.8 Å². The number of rotatable bonds is 6. The van der Waals surface area contributed by atoms with Gasteiger partial charge in [-0.3, -0.25) is 18.9 Å². The summed E-state index contributed by atoms with van der Waals surface area (Å²) in [7, 11) is 0. The fraction of sp³-hybridized carbons (Fsp3) is 0.217. The van der Waals surface area contributed by atoms with Crippen LogP contribution in [-0.2, 0) is 4.79 Å². The fourth-order valence-corrected chi connectivity index (χ4v) is 4.92. The summed E-state index contributed by atoms with van der Waals surface area (Å²) in [6.07, 6.45) is 2.37. The molecule has 1 aliphatic heterocycles. The molecule has 4 rings (SSSR count). The van der Waals surface area contributed by atoms with Gasteiger partial charge in [-0.25, -0.2) is 4.98 Å². The van der Waals surface area contributed by atoms with Crippen LogP contribution in [0.2, 0.25) is 0 Å². The number of fused-ring (bicyclic) bond motifs is 1. The summed E-state index contributed by atoms with van der Waals surface area (Å²) < 4.78 is 1.88. The second-order valence-electron chi connectivity index (χ2n) is 7.56. The van der Waals surface area contributed by atoms with Crippen molar-refractivity contribution in [3.8, 4) is 0 Å². The largest absolute Gasteiger partial charge is 0.387 e. The van der Waals surface area contributed by atoms with Gasteiger partial charge in [-0.2, -0.15) is 0 Å². The minimum Gasteiger partial charge on any atom is -0.387 e. The van der Waals surface area contributed by atoms with Crippen molar-refractivity contribution in [2.45, 2.75) is 26.0 Å². The third kappa shape index (κ3) is 4.32. The highest BCUT2D eigenvalue weighted by molar-refractivity contribution is 8.26. The van der Waals surface area contributed by atoms with Gasteiger partial charge in [0.05, 0.1) is 16.6 Å². The minimum absolute atomic E-state index is 0.0807. The van der Waals surface area contributed by atoms with Crippen LogP contribution in [0.15, 0.2) is 64.4 Å². The third-order valence-corrected chi connectivity index (χ3v) is 6.36. The average Bonchev–Trinajstić information content (AvgIpc) is 3.07. The predicted molar refractivity (Wildman–Crippen MR) is 132 cm³/mol. The Hall–Kier alpha value is -3.01. The molecule has 2 aromatic heterocycles. The Morgan fingerprint density at radius 1 is 1.16 bits per heavy atom. The van der Waals surface area contributed by atoms with E-state index in [0.717, 1.165) is 17.3 Å². The molecule has 3 aromatic rings. The van der Waals surface area contributed by atoms with Gasteiger partial charge in [-0.15, -0.1) is 0 Å². The van der Waals surface area contributed by atoms with E-state index < -0.39 is 6.10 Å². The van der Waals surface area contributed by atoms with E-state index in [2.05, 4.69) is 10.3 Å². The number of aliphatic hydroxyl groups excluding tert-OH is 1. The number of hydrogen-bond acceptors (Lipinski definition) is 7. The summed E-state index contributed by atoms with van der Waals surface area (Å²) in [5.74, 6) is 0.0637. The molecule has 1 amide bonds. The summed E-state index contributed by atoms with van der Waals surface area (Å²) in [6, 6.07) is 14.4. The number of carbonyl (C=O) groups excluding carboxylic acids is 1. The highest BCUT2D eigenvalue weighted by Gasteiger charge is 2.34. The molecule has 3 heterocycles. The highest BCUT2D eigenvalue weighted by atomic mass is 32.2. The summed E-state index contributed by atoms with van der Waals surface area (Å²) in [5, 5.41) is 13.6. The molecule has 2 N–H and O–H groups in total. The third-order valence-electron chi connectivity index (χ3n) is 5.03. The molecule has 9 heteroatoms. The van der Waals surface area contributed by atoms with E-state index in [4.69, 9.17) is 12.2 Å². The lowest BCUT2D eigenvalue weighted by molar-refractivity contribution is -0.123. The Morgan fingerprint density at radius 2 is 1.88 bits per heavy atom. The topological polar surface area (TPSA) is 86.9 Å². The van der Waals surface area contributed by atoms with Gasteiger partial charge in [0.2, 0.25) is 0 Å². The molecule has 1 saturated heterocycles. The van der Waals surface area contributed by atoms with Gasteiger partial charge in [0.1, 0.15) is 15.8 Å². The van der Waals surface area contributed by atoms with Crippen molar-refractivity contribution in [3.05, 3.63) is 81.1 Å². The zero-order valence-electron chi connectivity index (χ0n) is 17.6. The molecule has 0 spiro atoms. The molecule has 1 aromatic carbocycles. The minimum atomic E-state index is -0.792. The highest BCUT2D eigenvalue weighted by Crippen LogP contribution is 2.34. The van der Waals surface area contributed by atoms with E-state index in [1.165, 1.54) is 15.4 Å². The lowest BCUT2D eigenvalue weighted by atomic mass is 10.1. The summed E-state index contributed by atoms with van der Waals surface area (Å²) in [5.41, 5.74) is 1.12. The van der Waals surface area contributed by atoms with Crippen LogP contribution in [0.5, 0.6) is 0 Å². The monoisotopic (exact) mass is 466 g/mol. The van der Waals surface area contributed by atoms with E-state index in [0.29, 0.717) is 20.7 Å². The summed E-state index contributed by atoms with van der Waals surface area (Å²) in [4.78, 5) is 32.6. The standard InChI is InChI=1S/C23H22N4O3S2/c1-14(2)27-22(30)18(32-23(27)31)12-16-20(24-13-17(28)15-8-4-3-5-9-15)25-19-10-6-7-11-26(19)21(16)29/h3-12,14,17,24,28H,13H2,1-2H3/b18-12-. The summed E-state index contributed by atoms with van der Waals surface area (Å²) >= 11 is 6.51. The Kier molecular flexibility index (Phi) is 6.40. The Bertz CT molecular complexity index is 1270. The number of carbonyl (C=O) groups is 1.